The summed E-state index contributed by atoms with van der Waals surface area (Å²) in [6.07, 6.45) is 0. The van der Waals surface area contributed by atoms with Gasteiger partial charge in [-0.3, -0.25) is 0 Å². The molecule has 0 aliphatic heterocycles. The first-order valence-electron chi connectivity index (χ1n) is 20.6. The van der Waals surface area contributed by atoms with E-state index in [4.69, 9.17) is 19.4 Å². The molecule has 4 nitrogen and oxygen atoms in total. The standard InChI is InChI=1S/C57H35N3O/c1-3-13-36(14-4-1)37-23-29-41(30-24-37)57-59-51(38-15-5-2-6-16-38)35-52(60-57)39-25-27-40(28-26-39)55-54-47-21-11-12-22-53(47)61-56(54)49-34-43(31-32-50(49)58-55)48-33-42-17-7-8-18-44(42)45-19-9-10-20-46(45)48/h1-35H. The van der Waals surface area contributed by atoms with E-state index in [-0.39, 0.29) is 0 Å². The Balaban J connectivity index is 0.977. The van der Waals surface area contributed by atoms with Gasteiger partial charge in [0.15, 0.2) is 5.82 Å². The number of nitrogens with zero attached hydrogens (tertiary/aromatic N) is 3. The highest BCUT2D eigenvalue weighted by Gasteiger charge is 2.20. The summed E-state index contributed by atoms with van der Waals surface area (Å²) >= 11 is 0. The predicted octanol–water partition coefficient (Wildman–Crippen LogP) is 15.2. The van der Waals surface area contributed by atoms with E-state index in [0.29, 0.717) is 5.82 Å². The van der Waals surface area contributed by atoms with Crippen LogP contribution >= 0.6 is 0 Å². The zero-order valence-corrected chi connectivity index (χ0v) is 33.0. The lowest BCUT2D eigenvalue weighted by Crippen LogP contribution is -1.96. The van der Waals surface area contributed by atoms with E-state index in [1.54, 1.807) is 0 Å². The molecule has 284 valence electrons. The molecule has 0 spiro atoms. The number of furan rings is 1. The normalized spacial score (nSPS) is 11.6. The molecule has 0 aliphatic carbocycles. The fourth-order valence-corrected chi connectivity index (χ4v) is 8.85. The highest BCUT2D eigenvalue weighted by atomic mass is 16.3. The van der Waals surface area contributed by atoms with Gasteiger partial charge < -0.3 is 4.42 Å². The molecule has 0 bridgehead atoms. The van der Waals surface area contributed by atoms with Crippen molar-refractivity contribution in [3.05, 3.63) is 212 Å². The van der Waals surface area contributed by atoms with Crippen molar-refractivity contribution in [2.24, 2.45) is 0 Å². The number of hydrogen-bond acceptors (Lipinski definition) is 4. The maximum Gasteiger partial charge on any atom is 0.160 e. The van der Waals surface area contributed by atoms with Crippen LogP contribution in [0.3, 0.4) is 0 Å². The predicted molar refractivity (Wildman–Crippen MR) is 252 cm³/mol. The van der Waals surface area contributed by atoms with E-state index in [1.807, 2.05) is 36.4 Å². The summed E-state index contributed by atoms with van der Waals surface area (Å²) in [4.78, 5) is 15.6. The molecule has 3 heterocycles. The van der Waals surface area contributed by atoms with E-state index in [1.165, 1.54) is 32.7 Å². The van der Waals surface area contributed by atoms with Gasteiger partial charge in [0, 0.05) is 33.0 Å². The van der Waals surface area contributed by atoms with Crippen LogP contribution in [-0.2, 0) is 0 Å². The van der Waals surface area contributed by atoms with E-state index >= 15 is 0 Å². The Bertz CT molecular complexity index is 3610. The first-order valence-corrected chi connectivity index (χ1v) is 20.6. The molecule has 0 atom stereocenters. The van der Waals surface area contributed by atoms with Crippen LogP contribution in [0.25, 0.3) is 122 Å². The van der Waals surface area contributed by atoms with Gasteiger partial charge in [0.1, 0.15) is 11.2 Å². The van der Waals surface area contributed by atoms with Gasteiger partial charge in [-0.15, -0.1) is 0 Å². The van der Waals surface area contributed by atoms with E-state index < -0.39 is 0 Å². The molecule has 61 heavy (non-hydrogen) atoms. The molecule has 12 aromatic rings. The van der Waals surface area contributed by atoms with Crippen molar-refractivity contribution in [2.45, 2.75) is 0 Å². The topological polar surface area (TPSA) is 51.8 Å². The van der Waals surface area contributed by atoms with Crippen molar-refractivity contribution in [1.29, 1.82) is 0 Å². The molecule has 0 saturated heterocycles. The molecule has 12 rings (SSSR count). The molecular weight excluding hydrogens is 743 g/mol. The van der Waals surface area contributed by atoms with Crippen molar-refractivity contribution in [3.63, 3.8) is 0 Å². The molecule has 0 aliphatic rings. The van der Waals surface area contributed by atoms with Crippen LogP contribution in [0.5, 0.6) is 0 Å². The minimum Gasteiger partial charge on any atom is -0.455 e. The van der Waals surface area contributed by atoms with Crippen LogP contribution < -0.4 is 0 Å². The summed E-state index contributed by atoms with van der Waals surface area (Å²) in [5.41, 5.74) is 13.8. The largest absolute Gasteiger partial charge is 0.455 e. The zero-order chi connectivity index (χ0) is 40.3. The number of hydrogen-bond donors (Lipinski definition) is 0. The number of benzene rings is 9. The second kappa shape index (κ2) is 14.3. The smallest absolute Gasteiger partial charge is 0.160 e. The van der Waals surface area contributed by atoms with Gasteiger partial charge in [0.2, 0.25) is 0 Å². The van der Waals surface area contributed by atoms with Crippen LogP contribution in [-0.4, -0.2) is 15.0 Å². The Morgan fingerprint density at radius 2 is 0.869 bits per heavy atom. The SMILES string of the molecule is c1ccc(-c2ccc(-c3nc(-c4ccccc4)cc(-c4ccc(-c5nc6ccc(-c7cc8ccccc8c8ccccc78)cc6c6oc7ccccc7c56)cc4)n3)cc2)cc1. The van der Waals surface area contributed by atoms with Gasteiger partial charge in [-0.2, -0.15) is 0 Å². The Kier molecular flexibility index (Phi) is 8.13. The monoisotopic (exact) mass is 777 g/mol. The van der Waals surface area contributed by atoms with Crippen molar-refractivity contribution >= 4 is 54.4 Å². The Labute approximate surface area is 352 Å². The molecule has 0 saturated carbocycles. The summed E-state index contributed by atoms with van der Waals surface area (Å²) in [5, 5.41) is 7.97. The minimum absolute atomic E-state index is 0.680. The molecule has 9 aromatic carbocycles. The first kappa shape index (κ1) is 34.8. The van der Waals surface area contributed by atoms with Crippen molar-refractivity contribution in [3.8, 4) is 67.4 Å². The van der Waals surface area contributed by atoms with Gasteiger partial charge in [0.25, 0.3) is 0 Å². The number of para-hydroxylation sites is 1. The molecular formula is C57H35N3O. The second-order valence-corrected chi connectivity index (χ2v) is 15.5. The quantitative estimate of drug-likeness (QED) is 0.158. The fourth-order valence-electron chi connectivity index (χ4n) is 8.85. The maximum absolute atomic E-state index is 6.76. The summed E-state index contributed by atoms with van der Waals surface area (Å²) in [6.45, 7) is 0. The molecule has 0 N–H and O–H groups in total. The molecule has 0 unspecified atom stereocenters. The molecule has 3 aromatic heterocycles. The van der Waals surface area contributed by atoms with Gasteiger partial charge >= 0.3 is 0 Å². The average Bonchev–Trinajstić information content (AvgIpc) is 3.74. The molecule has 0 fully saturated rings. The van der Waals surface area contributed by atoms with Gasteiger partial charge in [-0.1, -0.05) is 182 Å². The lowest BCUT2D eigenvalue weighted by atomic mass is 9.92. The number of fused-ring (bicyclic) bond motifs is 8. The van der Waals surface area contributed by atoms with Crippen molar-refractivity contribution in [2.75, 3.05) is 0 Å². The fraction of sp³-hybridized carbons (Fsp3) is 0. The molecule has 0 radical (unpaired) electrons. The van der Waals surface area contributed by atoms with Crippen LogP contribution in [0.2, 0.25) is 0 Å². The first-order chi connectivity index (χ1) is 30.2. The third-order valence-electron chi connectivity index (χ3n) is 11.9. The number of pyridine rings is 1. The lowest BCUT2D eigenvalue weighted by Gasteiger charge is -2.13. The van der Waals surface area contributed by atoms with Gasteiger partial charge in [-0.25, -0.2) is 15.0 Å². The molecule has 0 amide bonds. The Morgan fingerprint density at radius 1 is 0.328 bits per heavy atom. The summed E-state index contributed by atoms with van der Waals surface area (Å²) in [7, 11) is 0. The number of rotatable bonds is 6. The van der Waals surface area contributed by atoms with Gasteiger partial charge in [-0.05, 0) is 74.1 Å². The average molecular weight is 778 g/mol. The Hall–Kier alpha value is -8.21. The van der Waals surface area contributed by atoms with Crippen molar-refractivity contribution < 1.29 is 4.42 Å². The second-order valence-electron chi connectivity index (χ2n) is 15.5. The summed E-state index contributed by atoms with van der Waals surface area (Å²) in [5.74, 6) is 0.680. The van der Waals surface area contributed by atoms with Crippen LogP contribution in [0.1, 0.15) is 0 Å². The summed E-state index contributed by atoms with van der Waals surface area (Å²) in [6, 6.07) is 74.3. The zero-order valence-electron chi connectivity index (χ0n) is 33.0. The summed E-state index contributed by atoms with van der Waals surface area (Å²) < 4.78 is 6.76. The van der Waals surface area contributed by atoms with Gasteiger partial charge in [0.05, 0.1) is 28.0 Å². The lowest BCUT2D eigenvalue weighted by molar-refractivity contribution is 0.672. The third-order valence-corrected chi connectivity index (χ3v) is 11.9. The highest BCUT2D eigenvalue weighted by Crippen LogP contribution is 2.42. The van der Waals surface area contributed by atoms with Crippen LogP contribution in [0.4, 0.5) is 0 Å². The molecule has 4 heteroatoms. The van der Waals surface area contributed by atoms with Crippen molar-refractivity contribution in [1.82, 2.24) is 15.0 Å². The maximum atomic E-state index is 6.76. The van der Waals surface area contributed by atoms with Crippen LogP contribution in [0, 0.1) is 0 Å². The van der Waals surface area contributed by atoms with E-state index in [0.717, 1.165) is 83.3 Å². The minimum atomic E-state index is 0.680. The van der Waals surface area contributed by atoms with Crippen LogP contribution in [0.15, 0.2) is 217 Å². The van der Waals surface area contributed by atoms with E-state index in [2.05, 4.69) is 176 Å². The highest BCUT2D eigenvalue weighted by molar-refractivity contribution is 6.20. The number of aromatic nitrogens is 3. The van der Waals surface area contributed by atoms with E-state index in [9.17, 15) is 0 Å². The third kappa shape index (κ3) is 6.04. The Morgan fingerprint density at radius 3 is 1.62 bits per heavy atom.